The monoisotopic (exact) mass is 337 g/mol. The minimum Gasteiger partial charge on any atom is -0.299 e. The molecule has 0 amide bonds. The van der Waals surface area contributed by atoms with E-state index in [1.807, 2.05) is 16.7 Å². The molecule has 118 valence electrons. The second-order valence-corrected chi connectivity index (χ2v) is 6.45. The van der Waals surface area contributed by atoms with Crippen molar-refractivity contribution in [1.82, 2.24) is 19.7 Å². The summed E-state index contributed by atoms with van der Waals surface area (Å²) in [7, 11) is 0. The van der Waals surface area contributed by atoms with Gasteiger partial charge >= 0.3 is 0 Å². The van der Waals surface area contributed by atoms with Crippen molar-refractivity contribution in [3.63, 3.8) is 0 Å². The lowest BCUT2D eigenvalue weighted by Gasteiger charge is -2.09. The number of rotatable bonds is 4. The van der Waals surface area contributed by atoms with Gasteiger partial charge in [-0.25, -0.2) is 9.37 Å². The molecule has 0 atom stereocenters. The van der Waals surface area contributed by atoms with Crippen molar-refractivity contribution in [2.24, 2.45) is 0 Å². The predicted molar refractivity (Wildman–Crippen MR) is 86.8 cm³/mol. The first kappa shape index (κ1) is 14.8. The smallest absolute Gasteiger partial charge is 0.198 e. The molecule has 0 unspecified atom stereocenters. The maximum absolute atomic E-state index is 14.1. The Balaban J connectivity index is 1.75. The van der Waals surface area contributed by atoms with E-state index in [0.29, 0.717) is 27.3 Å². The summed E-state index contributed by atoms with van der Waals surface area (Å²) in [5, 5.41) is 18.7. The second-order valence-electron chi connectivity index (χ2n) is 5.46. The van der Waals surface area contributed by atoms with Crippen LogP contribution in [-0.2, 0) is 0 Å². The van der Waals surface area contributed by atoms with Crippen LogP contribution in [-0.4, -0.2) is 19.7 Å². The van der Waals surface area contributed by atoms with Crippen molar-refractivity contribution in [2.75, 3.05) is 0 Å². The maximum Gasteiger partial charge on any atom is 0.198 e. The van der Waals surface area contributed by atoms with Gasteiger partial charge in [-0.2, -0.15) is 5.26 Å². The van der Waals surface area contributed by atoms with Crippen LogP contribution in [0.5, 0.6) is 0 Å². The van der Waals surface area contributed by atoms with E-state index in [9.17, 15) is 4.39 Å². The van der Waals surface area contributed by atoms with Crippen LogP contribution < -0.4 is 0 Å². The predicted octanol–water partition coefficient (Wildman–Crippen LogP) is 3.84. The lowest BCUT2D eigenvalue weighted by atomic mass is 10.2. The fraction of sp³-hybridized carbons (Fsp3) is 0.176. The summed E-state index contributed by atoms with van der Waals surface area (Å²) in [5.41, 5.74) is 0.800. The van der Waals surface area contributed by atoms with Crippen LogP contribution in [0.2, 0.25) is 0 Å². The highest BCUT2D eigenvalue weighted by Crippen LogP contribution is 2.42. The van der Waals surface area contributed by atoms with Crippen LogP contribution in [0.3, 0.4) is 0 Å². The van der Waals surface area contributed by atoms with Gasteiger partial charge in [0.25, 0.3) is 0 Å². The number of hydrogen-bond donors (Lipinski definition) is 0. The second kappa shape index (κ2) is 6.06. The fourth-order valence-corrected chi connectivity index (χ4v) is 3.36. The highest BCUT2D eigenvalue weighted by atomic mass is 32.2. The van der Waals surface area contributed by atoms with E-state index < -0.39 is 0 Å². The Morgan fingerprint density at radius 1 is 1.12 bits per heavy atom. The van der Waals surface area contributed by atoms with Crippen LogP contribution >= 0.6 is 11.8 Å². The topological polar surface area (TPSA) is 67.4 Å². The zero-order valence-electron chi connectivity index (χ0n) is 12.6. The molecule has 4 rings (SSSR count). The number of hydrogen-bond acceptors (Lipinski definition) is 5. The van der Waals surface area contributed by atoms with Crippen LogP contribution in [0.15, 0.2) is 52.6 Å². The van der Waals surface area contributed by atoms with Gasteiger partial charge in [0.05, 0.1) is 5.56 Å². The summed E-state index contributed by atoms with van der Waals surface area (Å²) in [5.74, 6) is 0.225. The fourth-order valence-electron chi connectivity index (χ4n) is 2.46. The average Bonchev–Trinajstić information content (AvgIpc) is 3.37. The third kappa shape index (κ3) is 2.76. The minimum absolute atomic E-state index is 0.288. The van der Waals surface area contributed by atoms with Gasteiger partial charge < -0.3 is 0 Å². The Morgan fingerprint density at radius 3 is 2.71 bits per heavy atom. The number of nitrogens with zero attached hydrogens (tertiary/aromatic N) is 5. The third-order valence-corrected chi connectivity index (χ3v) is 4.62. The number of pyridine rings is 1. The van der Waals surface area contributed by atoms with Crippen molar-refractivity contribution < 1.29 is 4.39 Å². The molecule has 2 aromatic heterocycles. The first-order chi connectivity index (χ1) is 11.8. The average molecular weight is 337 g/mol. The van der Waals surface area contributed by atoms with Crippen molar-refractivity contribution in [3.05, 3.63) is 54.0 Å². The maximum atomic E-state index is 14.1. The van der Waals surface area contributed by atoms with E-state index in [2.05, 4.69) is 15.2 Å². The summed E-state index contributed by atoms with van der Waals surface area (Å²) in [6.45, 7) is 0. The molecule has 3 aromatic rings. The summed E-state index contributed by atoms with van der Waals surface area (Å²) in [4.78, 5) is 4.25. The van der Waals surface area contributed by atoms with Gasteiger partial charge in [0.1, 0.15) is 22.6 Å². The normalized spacial score (nSPS) is 13.7. The number of benzene rings is 1. The molecule has 1 aromatic carbocycles. The van der Waals surface area contributed by atoms with E-state index in [4.69, 9.17) is 5.26 Å². The molecule has 1 saturated carbocycles. The molecule has 0 aliphatic heterocycles. The SMILES string of the molecule is N#Cc1cccc(Sc2nnc(-c3ccccc3F)n2C2CC2)n1. The van der Waals surface area contributed by atoms with Crippen molar-refractivity contribution in [1.29, 1.82) is 5.26 Å². The Hall–Kier alpha value is -2.72. The number of halogens is 1. The molecule has 24 heavy (non-hydrogen) atoms. The van der Waals surface area contributed by atoms with Crippen molar-refractivity contribution in [2.45, 2.75) is 29.1 Å². The van der Waals surface area contributed by atoms with E-state index in [1.54, 1.807) is 30.3 Å². The van der Waals surface area contributed by atoms with Crippen LogP contribution in [0.1, 0.15) is 24.6 Å². The van der Waals surface area contributed by atoms with E-state index in [0.717, 1.165) is 12.8 Å². The quantitative estimate of drug-likeness (QED) is 0.723. The highest BCUT2D eigenvalue weighted by Gasteiger charge is 2.31. The van der Waals surface area contributed by atoms with Gasteiger partial charge in [0.15, 0.2) is 11.0 Å². The standard InChI is InChI=1S/C17H12FN5S/c18-14-6-2-1-5-13(14)16-21-22-17(23(16)12-8-9-12)24-15-7-3-4-11(10-19)20-15/h1-7,12H,8-9H2. The van der Waals surface area contributed by atoms with Gasteiger partial charge in [-0.15, -0.1) is 10.2 Å². The van der Waals surface area contributed by atoms with Gasteiger partial charge in [0, 0.05) is 6.04 Å². The molecular formula is C17H12FN5S. The zero-order chi connectivity index (χ0) is 16.5. The Labute approximate surface area is 142 Å². The van der Waals surface area contributed by atoms with Crippen molar-refractivity contribution in [3.8, 4) is 17.5 Å². The van der Waals surface area contributed by atoms with Gasteiger partial charge in [0.2, 0.25) is 0 Å². The lowest BCUT2D eigenvalue weighted by molar-refractivity contribution is 0.622. The molecule has 1 aliphatic rings. The molecule has 1 fully saturated rings. The number of aromatic nitrogens is 4. The van der Waals surface area contributed by atoms with E-state index in [1.165, 1.54) is 17.8 Å². The molecule has 0 spiro atoms. The molecular weight excluding hydrogens is 325 g/mol. The molecule has 5 nitrogen and oxygen atoms in total. The van der Waals surface area contributed by atoms with Gasteiger partial charge in [-0.3, -0.25) is 4.57 Å². The first-order valence-corrected chi connectivity index (χ1v) is 8.33. The Morgan fingerprint density at radius 2 is 1.96 bits per heavy atom. The van der Waals surface area contributed by atoms with Crippen LogP contribution in [0, 0.1) is 17.1 Å². The van der Waals surface area contributed by atoms with Crippen LogP contribution in [0.4, 0.5) is 4.39 Å². The number of nitriles is 1. The van der Waals surface area contributed by atoms with Gasteiger partial charge in [-0.05, 0) is 48.9 Å². The summed E-state index contributed by atoms with van der Waals surface area (Å²) in [6, 6.07) is 14.1. The molecule has 7 heteroatoms. The molecule has 0 N–H and O–H groups in total. The van der Waals surface area contributed by atoms with Gasteiger partial charge in [-0.1, -0.05) is 18.2 Å². The highest BCUT2D eigenvalue weighted by molar-refractivity contribution is 7.99. The molecule has 1 aliphatic carbocycles. The van der Waals surface area contributed by atoms with Crippen LogP contribution in [0.25, 0.3) is 11.4 Å². The molecule has 2 heterocycles. The summed E-state index contributed by atoms with van der Waals surface area (Å²) in [6.07, 6.45) is 2.05. The summed E-state index contributed by atoms with van der Waals surface area (Å²) >= 11 is 1.34. The molecule has 0 saturated heterocycles. The zero-order valence-corrected chi connectivity index (χ0v) is 13.4. The molecule has 0 radical (unpaired) electrons. The summed E-state index contributed by atoms with van der Waals surface area (Å²) < 4.78 is 16.1. The minimum atomic E-state index is -0.312. The van der Waals surface area contributed by atoms with E-state index in [-0.39, 0.29) is 11.9 Å². The lowest BCUT2D eigenvalue weighted by Crippen LogP contribution is -2.01. The Kier molecular flexibility index (Phi) is 3.75. The Bertz CT molecular complexity index is 942. The van der Waals surface area contributed by atoms with E-state index >= 15 is 0 Å². The van der Waals surface area contributed by atoms with Crippen molar-refractivity contribution >= 4 is 11.8 Å². The largest absolute Gasteiger partial charge is 0.299 e. The third-order valence-electron chi connectivity index (χ3n) is 3.73. The molecule has 0 bridgehead atoms. The first-order valence-electron chi connectivity index (χ1n) is 7.51.